The number of amides is 1. The van der Waals surface area contributed by atoms with Crippen molar-refractivity contribution in [1.29, 1.82) is 0 Å². The molecule has 1 aliphatic heterocycles. The first-order chi connectivity index (χ1) is 16.7. The third-order valence-electron chi connectivity index (χ3n) is 7.32. The van der Waals surface area contributed by atoms with Gasteiger partial charge in [-0.25, -0.2) is 8.78 Å². The van der Waals surface area contributed by atoms with Gasteiger partial charge < -0.3 is 24.3 Å². The largest absolute Gasteiger partial charge is 0.487 e. The molecule has 3 aliphatic rings. The highest BCUT2D eigenvalue weighted by molar-refractivity contribution is 5.80. The molecule has 10 heteroatoms. The number of aryl methyl sites for hydroxylation is 1. The zero-order valence-corrected chi connectivity index (χ0v) is 20.4. The Bertz CT molecular complexity index is 1090. The lowest BCUT2D eigenvalue weighted by molar-refractivity contribution is -0.191. The van der Waals surface area contributed by atoms with Gasteiger partial charge in [-0.2, -0.15) is 4.98 Å². The average molecular weight is 494 g/mol. The van der Waals surface area contributed by atoms with Gasteiger partial charge in [0.2, 0.25) is 5.91 Å². The monoisotopic (exact) mass is 493 g/mol. The second kappa shape index (κ2) is 9.54. The van der Waals surface area contributed by atoms with Crippen LogP contribution in [0.2, 0.25) is 0 Å². The number of nitrogens with one attached hydrogen (secondary N) is 1. The molecule has 1 aromatic heterocycles. The van der Waals surface area contributed by atoms with Gasteiger partial charge in [0, 0.05) is 31.5 Å². The van der Waals surface area contributed by atoms with E-state index in [0.29, 0.717) is 6.61 Å². The van der Waals surface area contributed by atoms with Crippen molar-refractivity contribution in [3.63, 3.8) is 0 Å². The Hall–Kier alpha value is -2.46. The third kappa shape index (κ3) is 4.95. The predicted molar refractivity (Wildman–Crippen MR) is 123 cm³/mol. The van der Waals surface area contributed by atoms with E-state index in [1.54, 1.807) is 7.05 Å². The minimum atomic E-state index is -0.631. The van der Waals surface area contributed by atoms with Crippen molar-refractivity contribution in [3.05, 3.63) is 17.7 Å². The summed E-state index contributed by atoms with van der Waals surface area (Å²) < 4.78 is 54.7. The summed E-state index contributed by atoms with van der Waals surface area (Å²) in [6.07, 6.45) is 4.53. The number of imidazole rings is 1. The maximum absolute atomic E-state index is 15.3. The van der Waals surface area contributed by atoms with Crippen LogP contribution < -0.4 is 14.8 Å². The van der Waals surface area contributed by atoms with Gasteiger partial charge in [-0.05, 0) is 45.4 Å². The van der Waals surface area contributed by atoms with Gasteiger partial charge in [-0.15, -0.1) is 0 Å². The van der Waals surface area contributed by atoms with Crippen molar-refractivity contribution >= 4 is 16.9 Å². The number of rotatable bonds is 8. The zero-order chi connectivity index (χ0) is 24.7. The highest BCUT2D eigenvalue weighted by Crippen LogP contribution is 2.48. The fourth-order valence-electron chi connectivity index (χ4n) is 5.38. The maximum atomic E-state index is 15.3. The van der Waals surface area contributed by atoms with Gasteiger partial charge in [0.05, 0.1) is 25.9 Å². The Morgan fingerprint density at radius 1 is 1.20 bits per heavy atom. The maximum Gasteiger partial charge on any atom is 0.297 e. The van der Waals surface area contributed by atoms with Gasteiger partial charge in [0.25, 0.3) is 6.01 Å². The topological polar surface area (TPSA) is 83.8 Å². The van der Waals surface area contributed by atoms with Gasteiger partial charge >= 0.3 is 0 Å². The molecule has 0 unspecified atom stereocenters. The van der Waals surface area contributed by atoms with Gasteiger partial charge in [0.1, 0.15) is 23.2 Å². The van der Waals surface area contributed by atoms with Gasteiger partial charge in [0.15, 0.2) is 17.4 Å². The number of halogens is 2. The van der Waals surface area contributed by atoms with Crippen LogP contribution in [-0.4, -0.2) is 59.6 Å². The van der Waals surface area contributed by atoms with Crippen molar-refractivity contribution in [3.8, 4) is 11.8 Å². The fourth-order valence-corrected chi connectivity index (χ4v) is 5.38. The molecular formula is C25H33F2N3O5. The summed E-state index contributed by atoms with van der Waals surface area (Å²) in [5.74, 6) is -1.42. The summed E-state index contributed by atoms with van der Waals surface area (Å²) in [6.45, 7) is 5.28. The molecule has 1 spiro atoms. The number of carbonyl (C=O) groups excluding carboxylic acids is 1. The van der Waals surface area contributed by atoms with E-state index < -0.39 is 11.6 Å². The lowest BCUT2D eigenvalue weighted by atomic mass is 9.65. The van der Waals surface area contributed by atoms with Crippen LogP contribution in [0.25, 0.3) is 11.0 Å². The average Bonchev–Trinajstić information content (AvgIpc) is 3.08. The van der Waals surface area contributed by atoms with E-state index in [-0.39, 0.29) is 58.5 Å². The third-order valence-corrected chi connectivity index (χ3v) is 7.32. The van der Waals surface area contributed by atoms with Crippen LogP contribution in [0.15, 0.2) is 6.07 Å². The normalized spacial score (nSPS) is 24.6. The number of fused-ring (bicyclic) bond motifs is 1. The molecule has 2 aliphatic carbocycles. The number of nitrogens with zero attached hydrogens (tertiary/aromatic N) is 2. The molecule has 8 nitrogen and oxygen atoms in total. The van der Waals surface area contributed by atoms with E-state index >= 15 is 4.39 Å². The van der Waals surface area contributed by atoms with Gasteiger partial charge in [-0.1, -0.05) is 0 Å². The number of carbonyl (C=O) groups is 1. The summed E-state index contributed by atoms with van der Waals surface area (Å²) in [4.78, 5) is 15.4. The minimum absolute atomic E-state index is 0.0417. The molecule has 3 fully saturated rings. The number of hydrogen-bond acceptors (Lipinski definition) is 6. The van der Waals surface area contributed by atoms with E-state index in [1.807, 2.05) is 6.92 Å². The molecule has 1 saturated heterocycles. The number of ether oxygens (including phenoxy) is 4. The van der Waals surface area contributed by atoms with E-state index in [4.69, 9.17) is 18.9 Å². The SMILES string of the molecule is CC(=O)N[C@@H](C)CO[C@H]1CC[C@H](Oc2nc3c(F)cc(OC4CC5(COC5)C4)c(F)c3n2C)CC1. The summed E-state index contributed by atoms with van der Waals surface area (Å²) >= 11 is 0. The van der Waals surface area contributed by atoms with E-state index in [9.17, 15) is 9.18 Å². The highest BCUT2D eigenvalue weighted by Gasteiger charge is 2.51. The molecule has 0 radical (unpaired) electrons. The minimum Gasteiger partial charge on any atom is -0.487 e. The Balaban J connectivity index is 1.19. The van der Waals surface area contributed by atoms with E-state index in [1.165, 1.54) is 11.5 Å². The predicted octanol–water partition coefficient (Wildman–Crippen LogP) is 3.64. The smallest absolute Gasteiger partial charge is 0.297 e. The fraction of sp³-hybridized carbons (Fsp3) is 0.680. The first-order valence-electron chi connectivity index (χ1n) is 12.4. The first kappa shape index (κ1) is 24.2. The highest BCUT2D eigenvalue weighted by atomic mass is 19.1. The molecule has 1 amide bonds. The van der Waals surface area contributed by atoms with Crippen molar-refractivity contribution in [2.75, 3.05) is 19.8 Å². The van der Waals surface area contributed by atoms with Crippen LogP contribution in [0, 0.1) is 17.0 Å². The summed E-state index contributed by atoms with van der Waals surface area (Å²) in [5.41, 5.74) is 0.152. The Morgan fingerprint density at radius 2 is 1.89 bits per heavy atom. The Labute approximate surface area is 203 Å². The molecule has 2 aromatic rings. The summed E-state index contributed by atoms with van der Waals surface area (Å²) in [5, 5.41) is 2.81. The molecule has 1 aromatic carbocycles. The summed E-state index contributed by atoms with van der Waals surface area (Å²) in [6, 6.07) is 1.23. The number of benzene rings is 1. The second-order valence-corrected chi connectivity index (χ2v) is 10.4. The summed E-state index contributed by atoms with van der Waals surface area (Å²) in [7, 11) is 1.62. The lowest BCUT2D eigenvalue weighted by Crippen LogP contribution is -2.56. The molecule has 35 heavy (non-hydrogen) atoms. The molecule has 5 rings (SSSR count). The van der Waals surface area contributed by atoms with Crippen molar-refractivity contribution in [2.24, 2.45) is 12.5 Å². The van der Waals surface area contributed by atoms with Crippen LogP contribution in [0.5, 0.6) is 11.8 Å². The van der Waals surface area contributed by atoms with Crippen LogP contribution in [0.4, 0.5) is 8.78 Å². The zero-order valence-electron chi connectivity index (χ0n) is 20.4. The Morgan fingerprint density at radius 3 is 2.51 bits per heavy atom. The second-order valence-electron chi connectivity index (χ2n) is 10.4. The molecule has 0 bridgehead atoms. The van der Waals surface area contributed by atoms with Crippen molar-refractivity contribution in [2.45, 2.75) is 76.7 Å². The van der Waals surface area contributed by atoms with E-state index in [2.05, 4.69) is 10.3 Å². The van der Waals surface area contributed by atoms with Crippen LogP contribution >= 0.6 is 0 Å². The Kier molecular flexibility index (Phi) is 6.61. The molecule has 1 atom stereocenters. The quantitative estimate of drug-likeness (QED) is 0.605. The van der Waals surface area contributed by atoms with Crippen LogP contribution in [-0.2, 0) is 21.3 Å². The van der Waals surface area contributed by atoms with Crippen molar-refractivity contribution in [1.82, 2.24) is 14.9 Å². The standard InChI is InChI=1S/C25H33F2N3O5/c1-14(28-15(2)31)11-33-16-4-6-17(7-5-16)35-24-29-22-19(26)8-20(21(27)23(22)30(24)3)34-18-9-25(10-18)12-32-13-25/h8,14,16-18H,4-7,9-13H2,1-3H3,(H,28,31)/t14-,16-,17-/m0/s1. The molecule has 192 valence electrons. The van der Waals surface area contributed by atoms with Gasteiger partial charge in [-0.3, -0.25) is 9.36 Å². The molecular weight excluding hydrogens is 460 g/mol. The van der Waals surface area contributed by atoms with Crippen molar-refractivity contribution < 1.29 is 32.5 Å². The van der Waals surface area contributed by atoms with Crippen LogP contribution in [0.3, 0.4) is 0 Å². The number of aromatic nitrogens is 2. The van der Waals surface area contributed by atoms with Crippen LogP contribution in [0.1, 0.15) is 52.4 Å². The lowest BCUT2D eigenvalue weighted by Gasteiger charge is -2.52. The molecule has 2 saturated carbocycles. The van der Waals surface area contributed by atoms with E-state index in [0.717, 1.165) is 57.8 Å². The molecule has 2 heterocycles. The number of hydrogen-bond donors (Lipinski definition) is 1. The first-order valence-corrected chi connectivity index (χ1v) is 12.4. The molecule has 1 N–H and O–H groups in total.